The Morgan fingerprint density at radius 3 is 2.22 bits per heavy atom. The molecule has 102 valence electrons. The summed E-state index contributed by atoms with van der Waals surface area (Å²) < 4.78 is 4.65. The van der Waals surface area contributed by atoms with Crippen molar-refractivity contribution < 1.29 is 9.53 Å². The van der Waals surface area contributed by atoms with Crippen LogP contribution in [0.3, 0.4) is 0 Å². The summed E-state index contributed by atoms with van der Waals surface area (Å²) in [6, 6.07) is 7.37. The first-order valence-electron chi connectivity index (χ1n) is 5.98. The Labute approximate surface area is 115 Å². The predicted molar refractivity (Wildman–Crippen MR) is 76.0 cm³/mol. The van der Waals surface area contributed by atoms with Gasteiger partial charge in [-0.15, -0.1) is 12.4 Å². The van der Waals surface area contributed by atoms with Gasteiger partial charge in [0, 0.05) is 6.04 Å². The molecule has 0 unspecified atom stereocenters. The molecule has 3 nitrogen and oxygen atoms in total. The molecule has 0 radical (unpaired) electrons. The fourth-order valence-electron chi connectivity index (χ4n) is 1.66. The van der Waals surface area contributed by atoms with Crippen LogP contribution in [0.2, 0.25) is 0 Å². The maximum Gasteiger partial charge on any atom is 0.337 e. The van der Waals surface area contributed by atoms with Gasteiger partial charge in [0.1, 0.15) is 0 Å². The predicted octanol–water partition coefficient (Wildman–Crippen LogP) is 3.33. The lowest BCUT2D eigenvalue weighted by atomic mass is 9.98. The van der Waals surface area contributed by atoms with E-state index in [1.807, 2.05) is 12.1 Å². The van der Waals surface area contributed by atoms with E-state index in [1.54, 1.807) is 12.1 Å². The number of esters is 1. The quantitative estimate of drug-likeness (QED) is 0.836. The second-order valence-corrected chi connectivity index (χ2v) is 4.69. The molecule has 1 aromatic rings. The molecular formula is C14H22ClNO2. The third kappa shape index (κ3) is 5.07. The lowest BCUT2D eigenvalue weighted by molar-refractivity contribution is 0.0600. The zero-order chi connectivity index (χ0) is 12.8. The molecule has 0 bridgehead atoms. The van der Waals surface area contributed by atoms with Crippen LogP contribution in [0.25, 0.3) is 0 Å². The third-order valence-corrected chi connectivity index (χ3v) is 2.81. The van der Waals surface area contributed by atoms with Gasteiger partial charge in [-0.1, -0.05) is 26.0 Å². The molecule has 0 amide bonds. The summed E-state index contributed by atoms with van der Waals surface area (Å²) in [4.78, 5) is 11.3. The van der Waals surface area contributed by atoms with Crippen molar-refractivity contribution in [2.24, 2.45) is 11.7 Å². The normalized spacial score (nSPS) is 11.8. The molecule has 1 aromatic carbocycles. The number of halogens is 1. The number of carbonyl (C=O) groups is 1. The first-order valence-corrected chi connectivity index (χ1v) is 5.98. The van der Waals surface area contributed by atoms with Crippen molar-refractivity contribution in [2.45, 2.75) is 32.7 Å². The zero-order valence-corrected chi connectivity index (χ0v) is 12.0. The summed E-state index contributed by atoms with van der Waals surface area (Å²) in [5.74, 6) is 0.350. The van der Waals surface area contributed by atoms with Crippen LogP contribution in [0, 0.1) is 5.92 Å². The molecule has 0 saturated heterocycles. The van der Waals surface area contributed by atoms with Crippen molar-refractivity contribution in [3.8, 4) is 0 Å². The number of nitrogens with two attached hydrogens (primary N) is 1. The van der Waals surface area contributed by atoms with E-state index < -0.39 is 0 Å². The van der Waals surface area contributed by atoms with Crippen LogP contribution in [-0.2, 0) is 4.74 Å². The number of hydrogen-bond acceptors (Lipinski definition) is 3. The van der Waals surface area contributed by atoms with Crippen LogP contribution in [0.1, 0.15) is 48.7 Å². The van der Waals surface area contributed by atoms with Gasteiger partial charge in [0.2, 0.25) is 0 Å². The van der Waals surface area contributed by atoms with E-state index in [0.717, 1.165) is 18.4 Å². The van der Waals surface area contributed by atoms with E-state index in [2.05, 4.69) is 18.6 Å². The van der Waals surface area contributed by atoms with E-state index in [1.165, 1.54) is 7.11 Å². The Bertz CT molecular complexity index is 363. The van der Waals surface area contributed by atoms with Gasteiger partial charge in [-0.25, -0.2) is 4.79 Å². The average Bonchev–Trinajstić information content (AvgIpc) is 2.35. The van der Waals surface area contributed by atoms with Crippen LogP contribution in [0.5, 0.6) is 0 Å². The highest BCUT2D eigenvalue weighted by atomic mass is 35.5. The minimum Gasteiger partial charge on any atom is -0.465 e. The summed E-state index contributed by atoms with van der Waals surface area (Å²) in [6.45, 7) is 4.38. The van der Waals surface area contributed by atoms with Crippen molar-refractivity contribution in [2.75, 3.05) is 7.11 Å². The highest BCUT2D eigenvalue weighted by Gasteiger charge is 2.09. The van der Waals surface area contributed by atoms with Crippen molar-refractivity contribution in [1.29, 1.82) is 0 Å². The van der Waals surface area contributed by atoms with Crippen LogP contribution in [-0.4, -0.2) is 13.1 Å². The summed E-state index contributed by atoms with van der Waals surface area (Å²) in [5, 5.41) is 0. The first kappa shape index (κ1) is 16.9. The number of hydrogen-bond donors (Lipinski definition) is 1. The Balaban J connectivity index is 0.00000289. The Hall–Kier alpha value is -1.06. The number of carbonyl (C=O) groups excluding carboxylic acids is 1. The molecule has 0 spiro atoms. The summed E-state index contributed by atoms with van der Waals surface area (Å²) >= 11 is 0. The van der Waals surface area contributed by atoms with E-state index in [0.29, 0.717) is 11.5 Å². The monoisotopic (exact) mass is 271 g/mol. The van der Waals surface area contributed by atoms with E-state index >= 15 is 0 Å². The van der Waals surface area contributed by atoms with Crippen molar-refractivity contribution in [1.82, 2.24) is 0 Å². The summed E-state index contributed by atoms with van der Waals surface area (Å²) in [6.07, 6.45) is 2.08. The van der Waals surface area contributed by atoms with Crippen LogP contribution >= 0.6 is 12.4 Å². The zero-order valence-electron chi connectivity index (χ0n) is 11.2. The molecule has 0 fully saturated rings. The minimum absolute atomic E-state index is 0. The van der Waals surface area contributed by atoms with Crippen LogP contribution in [0.15, 0.2) is 24.3 Å². The molecule has 0 aromatic heterocycles. The number of methoxy groups -OCH3 is 1. The molecule has 0 aliphatic carbocycles. The number of rotatable bonds is 5. The van der Waals surface area contributed by atoms with Gasteiger partial charge >= 0.3 is 5.97 Å². The Kier molecular flexibility index (Phi) is 7.64. The van der Waals surface area contributed by atoms with Crippen molar-refractivity contribution in [3.05, 3.63) is 35.4 Å². The molecule has 0 heterocycles. The van der Waals surface area contributed by atoms with Gasteiger partial charge in [-0.2, -0.15) is 0 Å². The smallest absolute Gasteiger partial charge is 0.337 e. The van der Waals surface area contributed by atoms with Gasteiger partial charge in [-0.05, 0) is 36.5 Å². The lowest BCUT2D eigenvalue weighted by Gasteiger charge is -2.13. The Morgan fingerprint density at radius 2 is 1.78 bits per heavy atom. The standard InChI is InChI=1S/C14H21NO2.ClH/c1-10(2)4-9-13(15)11-5-7-12(8-6-11)14(16)17-3;/h5-8,10,13H,4,9,15H2,1-3H3;1H/t13-;/m0./s1. The van der Waals surface area contributed by atoms with Gasteiger partial charge in [0.05, 0.1) is 12.7 Å². The molecule has 4 heteroatoms. The van der Waals surface area contributed by atoms with E-state index in [-0.39, 0.29) is 24.4 Å². The largest absolute Gasteiger partial charge is 0.465 e. The lowest BCUT2D eigenvalue weighted by Crippen LogP contribution is -2.11. The first-order chi connectivity index (χ1) is 8.04. The molecule has 0 aliphatic heterocycles. The summed E-state index contributed by atoms with van der Waals surface area (Å²) in [5.41, 5.74) is 7.72. The van der Waals surface area contributed by atoms with Crippen LogP contribution in [0.4, 0.5) is 0 Å². The molecule has 1 atom stereocenters. The van der Waals surface area contributed by atoms with Crippen molar-refractivity contribution >= 4 is 18.4 Å². The highest BCUT2D eigenvalue weighted by Crippen LogP contribution is 2.19. The minimum atomic E-state index is -0.313. The maximum absolute atomic E-state index is 11.3. The SMILES string of the molecule is COC(=O)c1ccc([C@@H](N)CCC(C)C)cc1.Cl. The topological polar surface area (TPSA) is 52.3 Å². The number of ether oxygens (including phenoxy) is 1. The average molecular weight is 272 g/mol. The summed E-state index contributed by atoms with van der Waals surface area (Å²) in [7, 11) is 1.38. The fraction of sp³-hybridized carbons (Fsp3) is 0.500. The van der Waals surface area contributed by atoms with Crippen molar-refractivity contribution in [3.63, 3.8) is 0 Å². The molecule has 1 rings (SSSR count). The van der Waals surface area contributed by atoms with E-state index in [9.17, 15) is 4.79 Å². The van der Waals surface area contributed by atoms with Crippen LogP contribution < -0.4 is 5.73 Å². The molecule has 18 heavy (non-hydrogen) atoms. The molecule has 0 saturated carbocycles. The molecule has 0 aliphatic rings. The fourth-order valence-corrected chi connectivity index (χ4v) is 1.66. The van der Waals surface area contributed by atoms with Gasteiger partial charge in [0.25, 0.3) is 0 Å². The molecule has 2 N–H and O–H groups in total. The highest BCUT2D eigenvalue weighted by molar-refractivity contribution is 5.89. The van der Waals surface area contributed by atoms with E-state index in [4.69, 9.17) is 5.73 Å². The third-order valence-electron chi connectivity index (χ3n) is 2.81. The Morgan fingerprint density at radius 1 is 1.22 bits per heavy atom. The number of benzene rings is 1. The van der Waals surface area contributed by atoms with Gasteiger partial charge < -0.3 is 10.5 Å². The van der Waals surface area contributed by atoms with Gasteiger partial charge in [-0.3, -0.25) is 0 Å². The van der Waals surface area contributed by atoms with Gasteiger partial charge in [0.15, 0.2) is 0 Å². The molecular weight excluding hydrogens is 250 g/mol. The second-order valence-electron chi connectivity index (χ2n) is 4.69. The maximum atomic E-state index is 11.3. The second kappa shape index (κ2) is 8.11.